The topological polar surface area (TPSA) is 66.5 Å². The molecule has 0 bridgehead atoms. The van der Waals surface area contributed by atoms with Crippen LogP contribution in [-0.4, -0.2) is 27.1 Å². The fourth-order valence-electron chi connectivity index (χ4n) is 3.83. The van der Waals surface area contributed by atoms with E-state index in [4.69, 9.17) is 23.2 Å². The zero-order valence-corrected chi connectivity index (χ0v) is 19.4. The second kappa shape index (κ2) is 9.58. The van der Waals surface area contributed by atoms with Crippen molar-refractivity contribution in [3.63, 3.8) is 0 Å². The molecule has 1 amide bonds. The van der Waals surface area contributed by atoms with Crippen LogP contribution in [0.5, 0.6) is 0 Å². The molecule has 0 spiro atoms. The number of benzene rings is 2. The van der Waals surface area contributed by atoms with E-state index in [1.807, 2.05) is 6.92 Å². The van der Waals surface area contributed by atoms with Crippen molar-refractivity contribution in [2.45, 2.75) is 45.1 Å². The van der Waals surface area contributed by atoms with Crippen LogP contribution < -0.4 is 9.62 Å². The Bertz CT molecular complexity index is 1040. The Kier molecular flexibility index (Phi) is 7.32. The van der Waals surface area contributed by atoms with Gasteiger partial charge >= 0.3 is 0 Å². The van der Waals surface area contributed by atoms with Crippen LogP contribution in [0.25, 0.3) is 0 Å². The van der Waals surface area contributed by atoms with Crippen LogP contribution in [0.15, 0.2) is 36.4 Å². The number of amides is 1. The highest BCUT2D eigenvalue weighted by Crippen LogP contribution is 2.30. The minimum Gasteiger partial charge on any atom is -0.348 e. The van der Waals surface area contributed by atoms with Crippen molar-refractivity contribution >= 4 is 44.8 Å². The van der Waals surface area contributed by atoms with E-state index in [0.717, 1.165) is 29.0 Å². The number of rotatable bonds is 7. The third kappa shape index (κ3) is 5.48. The summed E-state index contributed by atoms with van der Waals surface area (Å²) in [6, 6.07) is 10.7. The first kappa shape index (κ1) is 22.9. The SMILES string of the molecule is CC[C@@H](NC(=O)CN(c1ccc(Cl)cc1Cl)S(C)(=O)=O)c1ccc2c(c1)CCCC2. The number of carbonyl (C=O) groups is 1. The molecule has 2 aromatic carbocycles. The van der Waals surface area contributed by atoms with Gasteiger partial charge < -0.3 is 5.32 Å². The third-order valence-corrected chi connectivity index (χ3v) is 7.05. The van der Waals surface area contributed by atoms with Gasteiger partial charge in [-0.25, -0.2) is 8.42 Å². The molecule has 5 nitrogen and oxygen atoms in total. The van der Waals surface area contributed by atoms with Gasteiger partial charge in [-0.2, -0.15) is 0 Å². The molecular formula is C22H26Cl2N2O3S. The molecule has 8 heteroatoms. The van der Waals surface area contributed by atoms with Crippen LogP contribution in [0, 0.1) is 0 Å². The van der Waals surface area contributed by atoms with Crippen molar-refractivity contribution in [1.29, 1.82) is 0 Å². The standard InChI is InChI=1S/C22H26Cl2N2O3S/c1-3-20(17-9-8-15-6-4-5-7-16(15)12-17)25-22(27)14-26(30(2,28)29)21-11-10-18(23)13-19(21)24/h8-13,20H,3-7,14H2,1-2H3,(H,25,27)/t20-/m1/s1. The Morgan fingerprint density at radius 1 is 1.10 bits per heavy atom. The summed E-state index contributed by atoms with van der Waals surface area (Å²) in [6.45, 7) is 1.64. The van der Waals surface area contributed by atoms with E-state index in [0.29, 0.717) is 11.4 Å². The lowest BCUT2D eigenvalue weighted by atomic mass is 9.89. The summed E-state index contributed by atoms with van der Waals surface area (Å²) in [5.41, 5.74) is 3.99. The molecule has 0 saturated heterocycles. The van der Waals surface area contributed by atoms with Gasteiger partial charge in [0.15, 0.2) is 0 Å². The molecule has 1 aliphatic rings. The predicted molar refractivity (Wildman–Crippen MR) is 123 cm³/mol. The van der Waals surface area contributed by atoms with Crippen LogP contribution >= 0.6 is 23.2 Å². The maximum atomic E-state index is 12.8. The highest BCUT2D eigenvalue weighted by Gasteiger charge is 2.25. The smallest absolute Gasteiger partial charge is 0.241 e. The Morgan fingerprint density at radius 3 is 2.43 bits per heavy atom. The number of hydrogen-bond acceptors (Lipinski definition) is 3. The predicted octanol–water partition coefficient (Wildman–Crippen LogP) is 4.91. The molecule has 2 aromatic rings. The van der Waals surface area contributed by atoms with Crippen molar-refractivity contribution in [3.8, 4) is 0 Å². The van der Waals surface area contributed by atoms with Gasteiger partial charge in [0.25, 0.3) is 0 Å². The van der Waals surface area contributed by atoms with Crippen LogP contribution in [-0.2, 0) is 27.7 Å². The fourth-order valence-corrected chi connectivity index (χ4v) is 5.26. The molecule has 3 rings (SSSR count). The van der Waals surface area contributed by atoms with E-state index in [9.17, 15) is 13.2 Å². The number of anilines is 1. The highest BCUT2D eigenvalue weighted by molar-refractivity contribution is 7.92. The number of nitrogens with one attached hydrogen (secondary N) is 1. The quantitative estimate of drug-likeness (QED) is 0.627. The van der Waals surface area contributed by atoms with Crippen molar-refractivity contribution in [2.75, 3.05) is 17.1 Å². The molecule has 0 aliphatic heterocycles. The van der Waals surface area contributed by atoms with Gasteiger partial charge in [-0.05, 0) is 67.0 Å². The zero-order chi connectivity index (χ0) is 21.9. The Hall–Kier alpha value is -1.76. The van der Waals surface area contributed by atoms with Gasteiger partial charge in [0.05, 0.1) is 23.0 Å². The summed E-state index contributed by atoms with van der Waals surface area (Å²) in [5.74, 6) is -0.393. The first-order valence-electron chi connectivity index (χ1n) is 10.0. The largest absolute Gasteiger partial charge is 0.348 e. The molecule has 0 aromatic heterocycles. The monoisotopic (exact) mass is 468 g/mol. The number of sulfonamides is 1. The fraction of sp³-hybridized carbons (Fsp3) is 0.409. The van der Waals surface area contributed by atoms with Gasteiger partial charge in [-0.3, -0.25) is 9.10 Å². The van der Waals surface area contributed by atoms with Gasteiger partial charge in [-0.15, -0.1) is 0 Å². The van der Waals surface area contributed by atoms with E-state index < -0.39 is 15.9 Å². The number of halogens is 2. The van der Waals surface area contributed by atoms with Crippen molar-refractivity contribution < 1.29 is 13.2 Å². The summed E-state index contributed by atoms with van der Waals surface area (Å²) in [6.07, 6.45) is 6.31. The summed E-state index contributed by atoms with van der Waals surface area (Å²) < 4.78 is 25.7. The highest BCUT2D eigenvalue weighted by atomic mass is 35.5. The number of aryl methyl sites for hydroxylation is 2. The van der Waals surface area contributed by atoms with Crippen molar-refractivity contribution in [3.05, 3.63) is 63.1 Å². The molecule has 1 aliphatic carbocycles. The average Bonchev–Trinajstić information content (AvgIpc) is 2.69. The van der Waals surface area contributed by atoms with Gasteiger partial charge in [0, 0.05) is 5.02 Å². The molecule has 0 heterocycles. The van der Waals surface area contributed by atoms with E-state index in [2.05, 4.69) is 23.5 Å². The molecule has 1 N–H and O–H groups in total. The van der Waals surface area contributed by atoms with E-state index in [-0.39, 0.29) is 23.3 Å². The van der Waals surface area contributed by atoms with Gasteiger partial charge in [0.1, 0.15) is 6.54 Å². The third-order valence-electron chi connectivity index (χ3n) is 5.38. The molecule has 0 fully saturated rings. The molecule has 30 heavy (non-hydrogen) atoms. The van der Waals surface area contributed by atoms with Crippen molar-refractivity contribution in [1.82, 2.24) is 5.32 Å². The Morgan fingerprint density at radius 2 is 1.80 bits per heavy atom. The first-order chi connectivity index (χ1) is 14.2. The summed E-state index contributed by atoms with van der Waals surface area (Å²) >= 11 is 12.1. The molecular weight excluding hydrogens is 443 g/mol. The molecule has 0 radical (unpaired) electrons. The van der Waals surface area contributed by atoms with Gasteiger partial charge in [0.2, 0.25) is 15.9 Å². The van der Waals surface area contributed by atoms with Crippen LogP contribution in [0.1, 0.15) is 48.9 Å². The number of carbonyl (C=O) groups excluding carboxylic acids is 1. The van der Waals surface area contributed by atoms with Crippen molar-refractivity contribution in [2.24, 2.45) is 0 Å². The average molecular weight is 469 g/mol. The second-order valence-electron chi connectivity index (χ2n) is 7.63. The first-order valence-corrected chi connectivity index (χ1v) is 12.6. The molecule has 0 saturated carbocycles. The normalized spacial score (nSPS) is 14.7. The Labute approximate surface area is 188 Å². The molecule has 0 unspecified atom stereocenters. The summed E-state index contributed by atoms with van der Waals surface area (Å²) in [5, 5.41) is 3.54. The van der Waals surface area contributed by atoms with Gasteiger partial charge in [-0.1, -0.05) is 48.3 Å². The lowest BCUT2D eigenvalue weighted by Crippen LogP contribution is -2.41. The molecule has 162 valence electrons. The van der Waals surface area contributed by atoms with Crippen LogP contribution in [0.4, 0.5) is 5.69 Å². The molecule has 1 atom stereocenters. The lowest BCUT2D eigenvalue weighted by molar-refractivity contribution is -0.120. The maximum absolute atomic E-state index is 12.8. The van der Waals surface area contributed by atoms with E-state index in [1.165, 1.54) is 36.1 Å². The number of hydrogen-bond donors (Lipinski definition) is 1. The Balaban J connectivity index is 1.78. The van der Waals surface area contributed by atoms with Crippen LogP contribution in [0.3, 0.4) is 0 Å². The lowest BCUT2D eigenvalue weighted by Gasteiger charge is -2.25. The number of nitrogens with zero attached hydrogens (tertiary/aromatic N) is 1. The number of fused-ring (bicyclic) bond motifs is 1. The maximum Gasteiger partial charge on any atom is 0.241 e. The van der Waals surface area contributed by atoms with E-state index in [1.54, 1.807) is 6.07 Å². The van der Waals surface area contributed by atoms with E-state index >= 15 is 0 Å². The minimum absolute atomic E-state index is 0.169. The summed E-state index contributed by atoms with van der Waals surface area (Å²) in [7, 11) is -3.72. The van der Waals surface area contributed by atoms with Crippen LogP contribution in [0.2, 0.25) is 10.0 Å². The minimum atomic E-state index is -3.72. The summed E-state index contributed by atoms with van der Waals surface area (Å²) in [4.78, 5) is 12.8. The zero-order valence-electron chi connectivity index (χ0n) is 17.1. The second-order valence-corrected chi connectivity index (χ2v) is 10.4.